The molecule has 42 heavy (non-hydrogen) atoms. The highest BCUT2D eigenvalue weighted by Crippen LogP contribution is 2.27. The number of ether oxygens (including phenoxy) is 1. The molecule has 212 valence electrons. The molecule has 0 bridgehead atoms. The van der Waals surface area contributed by atoms with Gasteiger partial charge in [0.2, 0.25) is 5.91 Å². The molecule has 6 rings (SSSR count). The first-order valence-electron chi connectivity index (χ1n) is 13.7. The lowest BCUT2D eigenvalue weighted by atomic mass is 10.2. The number of likely N-dealkylation sites (N-methyl/N-ethyl adjacent to an activating group) is 1. The Bertz CT molecular complexity index is 1840. The van der Waals surface area contributed by atoms with Crippen LogP contribution in [-0.4, -0.2) is 49.5 Å². The maximum Gasteiger partial charge on any atom is 0.339 e. The Balaban J connectivity index is 1.33. The Morgan fingerprint density at radius 2 is 1.76 bits per heavy atom. The number of hydrogen-bond donors (Lipinski definition) is 2. The van der Waals surface area contributed by atoms with E-state index in [0.717, 1.165) is 5.56 Å². The van der Waals surface area contributed by atoms with Crippen LogP contribution in [0, 0.1) is 6.92 Å². The Morgan fingerprint density at radius 1 is 1.02 bits per heavy atom. The number of anilines is 2. The molecule has 1 amide bonds. The van der Waals surface area contributed by atoms with Crippen molar-refractivity contribution < 1.29 is 9.53 Å². The van der Waals surface area contributed by atoms with E-state index in [1.165, 1.54) is 34.4 Å². The first-order chi connectivity index (χ1) is 20.4. The molecular formula is C32H31N7O3. The number of nitrogen functional groups attached to an aromatic ring is 1. The summed E-state index contributed by atoms with van der Waals surface area (Å²) in [4.78, 5) is 37.4. The van der Waals surface area contributed by atoms with E-state index in [2.05, 4.69) is 27.2 Å². The van der Waals surface area contributed by atoms with Crippen LogP contribution in [0.1, 0.15) is 18.4 Å². The lowest BCUT2D eigenvalue weighted by Gasteiger charge is -2.12. The number of carbonyl (C=O) groups is 1. The minimum atomic E-state index is -0.375. The fourth-order valence-electron chi connectivity index (χ4n) is 4.95. The second-order valence-electron chi connectivity index (χ2n) is 10.4. The van der Waals surface area contributed by atoms with Gasteiger partial charge in [0, 0.05) is 24.4 Å². The quantitative estimate of drug-likeness (QED) is 0.247. The minimum Gasteiger partial charge on any atom is -0.457 e. The van der Waals surface area contributed by atoms with Gasteiger partial charge in [-0.15, -0.1) is 0 Å². The number of aryl methyl sites for hydroxylation is 1. The number of rotatable bonds is 9. The molecule has 2 aromatic heterocycles. The molecule has 1 aliphatic carbocycles. The lowest BCUT2D eigenvalue weighted by Crippen LogP contribution is -2.22. The van der Waals surface area contributed by atoms with Crippen molar-refractivity contribution in [3.05, 3.63) is 107 Å². The summed E-state index contributed by atoms with van der Waals surface area (Å²) in [6, 6.07) is 22.7. The highest BCUT2D eigenvalue weighted by atomic mass is 16.5. The molecule has 1 fully saturated rings. The molecule has 5 aromatic rings. The zero-order valence-electron chi connectivity index (χ0n) is 23.4. The standard InChI is InChI=1S/C32H31N7O3/c1-21-17-22(36-28(40)9-6-16-37(2)23-10-11-23)19-25(18-21)39-31-29(30(33)34-20-35-31)38(32(39)41)24-12-14-27(15-13-24)42-26-7-4-3-5-8-26/h3-9,12-15,17-20,23H,10-11,16H2,1-2H3,(H,36,40)(H2,33,34,35). The van der Waals surface area contributed by atoms with E-state index in [4.69, 9.17) is 10.5 Å². The summed E-state index contributed by atoms with van der Waals surface area (Å²) in [6.45, 7) is 2.62. The predicted octanol–water partition coefficient (Wildman–Crippen LogP) is 4.84. The lowest BCUT2D eigenvalue weighted by molar-refractivity contribution is -0.111. The molecule has 1 aliphatic rings. The van der Waals surface area contributed by atoms with Gasteiger partial charge in [-0.1, -0.05) is 24.3 Å². The van der Waals surface area contributed by atoms with Gasteiger partial charge >= 0.3 is 5.69 Å². The number of hydrogen-bond acceptors (Lipinski definition) is 7. The van der Waals surface area contributed by atoms with E-state index in [-0.39, 0.29) is 17.4 Å². The number of nitrogens with two attached hydrogens (primary N) is 1. The minimum absolute atomic E-state index is 0.169. The van der Waals surface area contributed by atoms with E-state index in [0.29, 0.717) is 52.3 Å². The first kappa shape index (κ1) is 27.0. The molecule has 10 heteroatoms. The number of benzene rings is 3. The number of nitrogens with zero attached hydrogens (tertiary/aromatic N) is 5. The molecule has 0 spiro atoms. The van der Waals surface area contributed by atoms with E-state index in [1.54, 1.807) is 30.3 Å². The van der Waals surface area contributed by atoms with Crippen molar-refractivity contribution in [1.29, 1.82) is 0 Å². The predicted molar refractivity (Wildman–Crippen MR) is 164 cm³/mol. The van der Waals surface area contributed by atoms with Crippen molar-refractivity contribution >= 4 is 28.6 Å². The van der Waals surface area contributed by atoms with Gasteiger partial charge in [-0.2, -0.15) is 0 Å². The van der Waals surface area contributed by atoms with E-state index in [9.17, 15) is 9.59 Å². The summed E-state index contributed by atoms with van der Waals surface area (Å²) >= 11 is 0. The molecule has 2 heterocycles. The van der Waals surface area contributed by atoms with Crippen molar-refractivity contribution in [2.24, 2.45) is 0 Å². The molecule has 3 aromatic carbocycles. The number of aromatic nitrogens is 4. The van der Waals surface area contributed by atoms with Crippen LogP contribution < -0.4 is 21.5 Å². The largest absolute Gasteiger partial charge is 0.457 e. The first-order valence-corrected chi connectivity index (χ1v) is 13.7. The van der Waals surface area contributed by atoms with Gasteiger partial charge in [0.15, 0.2) is 11.5 Å². The maximum atomic E-state index is 14.0. The topological polar surface area (TPSA) is 120 Å². The summed E-state index contributed by atoms with van der Waals surface area (Å²) in [5, 5.41) is 2.92. The molecule has 0 radical (unpaired) electrons. The molecule has 0 saturated heterocycles. The summed E-state index contributed by atoms with van der Waals surface area (Å²) in [5.74, 6) is 1.26. The third-order valence-corrected chi connectivity index (χ3v) is 7.14. The average molecular weight is 562 g/mol. The Labute approximate surface area is 242 Å². The van der Waals surface area contributed by atoms with Gasteiger partial charge in [0.05, 0.1) is 11.4 Å². The molecule has 3 N–H and O–H groups in total. The van der Waals surface area contributed by atoms with Gasteiger partial charge in [0.1, 0.15) is 23.3 Å². The van der Waals surface area contributed by atoms with Crippen molar-refractivity contribution in [1.82, 2.24) is 24.0 Å². The summed E-state index contributed by atoms with van der Waals surface area (Å²) in [6.07, 6.45) is 7.15. The number of nitrogens with one attached hydrogen (secondary N) is 1. The van der Waals surface area contributed by atoms with Crippen molar-refractivity contribution in [3.8, 4) is 22.9 Å². The Morgan fingerprint density at radius 3 is 2.50 bits per heavy atom. The zero-order chi connectivity index (χ0) is 29.2. The molecule has 1 saturated carbocycles. The summed E-state index contributed by atoms with van der Waals surface area (Å²) < 4.78 is 8.87. The van der Waals surface area contributed by atoms with Gasteiger partial charge in [-0.25, -0.2) is 19.3 Å². The molecule has 10 nitrogen and oxygen atoms in total. The molecular weight excluding hydrogens is 530 g/mol. The van der Waals surface area contributed by atoms with Crippen molar-refractivity contribution in [2.75, 3.05) is 24.6 Å². The van der Waals surface area contributed by atoms with Crippen LogP contribution in [0.25, 0.3) is 22.5 Å². The second-order valence-corrected chi connectivity index (χ2v) is 10.4. The highest BCUT2D eigenvalue weighted by molar-refractivity contribution is 5.99. The average Bonchev–Trinajstić information content (AvgIpc) is 3.77. The number of carbonyl (C=O) groups excluding carboxylic acids is 1. The number of para-hydroxylation sites is 1. The van der Waals surface area contributed by atoms with Crippen LogP contribution in [-0.2, 0) is 4.79 Å². The van der Waals surface area contributed by atoms with Gasteiger partial charge in [-0.05, 0) is 87.0 Å². The van der Waals surface area contributed by atoms with Crippen molar-refractivity contribution in [2.45, 2.75) is 25.8 Å². The Kier molecular flexibility index (Phi) is 7.28. The molecule has 0 atom stereocenters. The summed E-state index contributed by atoms with van der Waals surface area (Å²) in [5.41, 5.74) is 9.18. The van der Waals surface area contributed by atoms with E-state index < -0.39 is 0 Å². The molecule has 0 aliphatic heterocycles. The summed E-state index contributed by atoms with van der Waals surface area (Å²) in [7, 11) is 2.06. The van der Waals surface area contributed by atoms with E-state index in [1.807, 2.05) is 55.5 Å². The van der Waals surface area contributed by atoms with Crippen LogP contribution in [0.5, 0.6) is 11.5 Å². The highest BCUT2D eigenvalue weighted by Gasteiger charge is 2.25. The third-order valence-electron chi connectivity index (χ3n) is 7.14. The normalized spacial score (nSPS) is 13.2. The van der Waals surface area contributed by atoms with Crippen molar-refractivity contribution in [3.63, 3.8) is 0 Å². The Hall–Kier alpha value is -5.22. The number of fused-ring (bicyclic) bond motifs is 1. The SMILES string of the molecule is Cc1cc(NC(=O)C=CCN(C)C2CC2)cc(-n2c(=O)n(-c3ccc(Oc4ccccc4)cc3)c3c(N)ncnc32)c1. The second kappa shape index (κ2) is 11.3. The monoisotopic (exact) mass is 561 g/mol. The number of imidazole rings is 1. The van der Waals surface area contributed by atoms with Crippen LogP contribution >= 0.6 is 0 Å². The van der Waals surface area contributed by atoms with Crippen LogP contribution in [0.15, 0.2) is 96.1 Å². The van der Waals surface area contributed by atoms with Crippen LogP contribution in [0.4, 0.5) is 11.5 Å². The third kappa shape index (κ3) is 5.65. The molecule has 0 unspecified atom stereocenters. The van der Waals surface area contributed by atoms with Gasteiger partial charge < -0.3 is 15.8 Å². The van der Waals surface area contributed by atoms with Crippen LogP contribution in [0.2, 0.25) is 0 Å². The fraction of sp³-hybridized carbons (Fsp3) is 0.188. The van der Waals surface area contributed by atoms with Crippen LogP contribution in [0.3, 0.4) is 0 Å². The fourth-order valence-corrected chi connectivity index (χ4v) is 4.95. The van der Waals surface area contributed by atoms with E-state index >= 15 is 0 Å². The number of amides is 1. The van der Waals surface area contributed by atoms with Gasteiger partial charge in [0.25, 0.3) is 0 Å². The maximum absolute atomic E-state index is 14.0. The smallest absolute Gasteiger partial charge is 0.339 e. The van der Waals surface area contributed by atoms with Gasteiger partial charge in [-0.3, -0.25) is 14.3 Å². The zero-order valence-corrected chi connectivity index (χ0v) is 23.4.